The first-order valence-corrected chi connectivity index (χ1v) is 13.2. The van der Waals surface area contributed by atoms with E-state index in [9.17, 15) is 0 Å². The van der Waals surface area contributed by atoms with Crippen molar-refractivity contribution in [2.75, 3.05) is 21.1 Å². The number of quaternary nitrogens is 1. The lowest BCUT2D eigenvalue weighted by atomic mass is 9.81. The molecule has 2 heteroatoms. The minimum Gasteiger partial charge on any atom is -1.00 e. The zero-order chi connectivity index (χ0) is 24.0. The Morgan fingerprint density at radius 3 is 1.64 bits per heavy atom. The van der Waals surface area contributed by atoms with Crippen LogP contribution in [0.15, 0.2) is 54.6 Å². The Hall–Kier alpha value is -1.31. The molecule has 0 saturated heterocycles. The smallest absolute Gasteiger partial charge is 0.104 e. The molecule has 0 saturated carbocycles. The van der Waals surface area contributed by atoms with Crippen LogP contribution in [0.25, 0.3) is 0 Å². The third kappa shape index (κ3) is 13.2. The number of hydrogen-bond acceptors (Lipinski definition) is 0. The quantitative estimate of drug-likeness (QED) is 0.322. The molecule has 188 valence electrons. The van der Waals surface area contributed by atoms with Crippen LogP contribution in [-0.4, -0.2) is 25.6 Å². The summed E-state index contributed by atoms with van der Waals surface area (Å²) in [5, 5.41) is 0. The lowest BCUT2D eigenvalue weighted by Crippen LogP contribution is -3.00. The number of nitrogens with zero attached hydrogens (tertiary/aromatic N) is 1. The molecular formula is C31H52ClN. The number of benzene rings is 2. The number of halogens is 1. The van der Waals surface area contributed by atoms with E-state index in [1.807, 2.05) is 0 Å². The van der Waals surface area contributed by atoms with Gasteiger partial charge in [0, 0.05) is 5.56 Å². The molecule has 0 amide bonds. The Balaban J connectivity index is 0.00000111. The Morgan fingerprint density at radius 2 is 1.21 bits per heavy atom. The summed E-state index contributed by atoms with van der Waals surface area (Å²) in [6.45, 7) is 12.5. The molecule has 0 aliphatic rings. The van der Waals surface area contributed by atoms with Gasteiger partial charge in [-0.2, -0.15) is 0 Å². The monoisotopic (exact) mass is 473 g/mol. The van der Waals surface area contributed by atoms with Crippen LogP contribution in [0.4, 0.5) is 0 Å². The minimum absolute atomic E-state index is 0. The summed E-state index contributed by atoms with van der Waals surface area (Å²) in [7, 11) is 6.75. The molecule has 2 aromatic rings. The maximum absolute atomic E-state index is 2.38. The normalized spacial score (nSPS) is 13.8. The van der Waals surface area contributed by atoms with Gasteiger partial charge in [-0.25, -0.2) is 0 Å². The van der Waals surface area contributed by atoms with Gasteiger partial charge in [0.2, 0.25) is 0 Å². The highest BCUT2D eigenvalue weighted by Crippen LogP contribution is 2.35. The minimum atomic E-state index is 0. The summed E-state index contributed by atoms with van der Waals surface area (Å²) < 4.78 is 0.976. The maximum Gasteiger partial charge on any atom is 0.104 e. The molecule has 3 atom stereocenters. The highest BCUT2D eigenvalue weighted by atomic mass is 35.5. The second-order valence-electron chi connectivity index (χ2n) is 10.7. The molecule has 3 unspecified atom stereocenters. The van der Waals surface area contributed by atoms with Gasteiger partial charge >= 0.3 is 0 Å². The van der Waals surface area contributed by atoms with Crippen molar-refractivity contribution in [2.24, 2.45) is 5.92 Å². The van der Waals surface area contributed by atoms with E-state index in [2.05, 4.69) is 110 Å². The highest BCUT2D eigenvalue weighted by Gasteiger charge is 2.18. The molecule has 0 fully saturated rings. The van der Waals surface area contributed by atoms with E-state index in [-0.39, 0.29) is 12.4 Å². The summed E-state index contributed by atoms with van der Waals surface area (Å²) in [6, 6.07) is 20.5. The van der Waals surface area contributed by atoms with E-state index >= 15 is 0 Å². The van der Waals surface area contributed by atoms with Crippen molar-refractivity contribution in [1.82, 2.24) is 0 Å². The lowest BCUT2D eigenvalue weighted by molar-refractivity contribution is -0.884. The van der Waals surface area contributed by atoms with Crippen molar-refractivity contribution in [3.63, 3.8) is 0 Å². The van der Waals surface area contributed by atoms with Crippen molar-refractivity contribution in [1.29, 1.82) is 0 Å². The standard InChI is InChI=1S/C24H36N.C7H16.ClH/c1-6-11-24(18-21(7-2)22-12-9-8-10-13-22)23-16-14-20(15-17-23)19-25(3,4)5;1-4-6-7(3)5-2;/h8-10,12-17,21,24H,6-7,11,18-19H2,1-5H3;7H,4-6H2,1-3H3;1H/q+1;;/p-1. The SMILES string of the molecule is CCCC(C)CC.CCCC(CC(CC)c1ccccc1)c1ccc(C[N+](C)(C)C)cc1.[Cl-]. The van der Waals surface area contributed by atoms with Crippen molar-refractivity contribution >= 4 is 0 Å². The van der Waals surface area contributed by atoms with Gasteiger partial charge in [0.25, 0.3) is 0 Å². The molecule has 0 aromatic heterocycles. The molecular weight excluding hydrogens is 422 g/mol. The lowest BCUT2D eigenvalue weighted by Gasteiger charge is -2.25. The Kier molecular flexibility index (Phi) is 16.5. The van der Waals surface area contributed by atoms with Crippen LogP contribution in [0.5, 0.6) is 0 Å². The van der Waals surface area contributed by atoms with Gasteiger partial charge in [0.15, 0.2) is 0 Å². The fraction of sp³-hybridized carbons (Fsp3) is 0.613. The average Bonchev–Trinajstić information content (AvgIpc) is 2.77. The second-order valence-corrected chi connectivity index (χ2v) is 10.7. The average molecular weight is 474 g/mol. The third-order valence-electron chi connectivity index (χ3n) is 6.56. The molecule has 0 N–H and O–H groups in total. The van der Waals surface area contributed by atoms with E-state index < -0.39 is 0 Å². The predicted molar refractivity (Wildman–Crippen MR) is 144 cm³/mol. The van der Waals surface area contributed by atoms with E-state index in [0.717, 1.165) is 16.9 Å². The van der Waals surface area contributed by atoms with E-state index in [1.165, 1.54) is 61.6 Å². The number of hydrogen-bond donors (Lipinski definition) is 0. The Bertz CT molecular complexity index is 702. The molecule has 0 bridgehead atoms. The fourth-order valence-electron chi connectivity index (χ4n) is 4.52. The van der Waals surface area contributed by atoms with Crippen LogP contribution >= 0.6 is 0 Å². The summed E-state index contributed by atoms with van der Waals surface area (Å²) in [4.78, 5) is 0. The molecule has 0 heterocycles. The maximum atomic E-state index is 2.38. The van der Waals surface area contributed by atoms with Crippen molar-refractivity contribution in [3.05, 3.63) is 71.3 Å². The first kappa shape index (κ1) is 31.7. The zero-order valence-corrected chi connectivity index (χ0v) is 23.7. The van der Waals surface area contributed by atoms with Crippen molar-refractivity contribution < 1.29 is 16.9 Å². The fourth-order valence-corrected chi connectivity index (χ4v) is 4.52. The molecule has 0 aliphatic heterocycles. The summed E-state index contributed by atoms with van der Waals surface area (Å²) in [6.07, 6.45) is 9.07. The largest absolute Gasteiger partial charge is 1.00 e. The zero-order valence-electron chi connectivity index (χ0n) is 22.9. The predicted octanol–water partition coefficient (Wildman–Crippen LogP) is 6.20. The highest BCUT2D eigenvalue weighted by molar-refractivity contribution is 5.27. The van der Waals surface area contributed by atoms with Crippen LogP contribution < -0.4 is 12.4 Å². The summed E-state index contributed by atoms with van der Waals surface area (Å²) in [5.74, 6) is 2.27. The van der Waals surface area contributed by atoms with Crippen LogP contribution in [0, 0.1) is 5.92 Å². The van der Waals surface area contributed by atoms with E-state index in [4.69, 9.17) is 0 Å². The summed E-state index contributed by atoms with van der Waals surface area (Å²) >= 11 is 0. The van der Waals surface area contributed by atoms with Gasteiger partial charge in [0.05, 0.1) is 21.1 Å². The van der Waals surface area contributed by atoms with Crippen LogP contribution in [0.3, 0.4) is 0 Å². The van der Waals surface area contributed by atoms with Crippen molar-refractivity contribution in [3.8, 4) is 0 Å². The first-order chi connectivity index (χ1) is 15.2. The van der Waals surface area contributed by atoms with Gasteiger partial charge in [-0.1, -0.05) is 115 Å². The first-order valence-electron chi connectivity index (χ1n) is 13.2. The third-order valence-corrected chi connectivity index (χ3v) is 6.56. The molecule has 0 aliphatic carbocycles. The molecule has 2 aromatic carbocycles. The molecule has 1 nitrogen and oxygen atoms in total. The molecule has 33 heavy (non-hydrogen) atoms. The van der Waals surface area contributed by atoms with Crippen molar-refractivity contribution in [2.45, 2.75) is 97.9 Å². The topological polar surface area (TPSA) is 0 Å². The second kappa shape index (κ2) is 17.2. The van der Waals surface area contributed by atoms with E-state index in [0.29, 0.717) is 11.8 Å². The van der Waals surface area contributed by atoms with Gasteiger partial charge in [0.1, 0.15) is 6.54 Å². The van der Waals surface area contributed by atoms with Gasteiger partial charge < -0.3 is 16.9 Å². The van der Waals surface area contributed by atoms with Crippen LogP contribution in [-0.2, 0) is 6.54 Å². The summed E-state index contributed by atoms with van der Waals surface area (Å²) in [5.41, 5.74) is 4.44. The van der Waals surface area contributed by atoms with Crippen LogP contribution in [0.1, 0.15) is 108 Å². The van der Waals surface area contributed by atoms with Gasteiger partial charge in [-0.3, -0.25) is 0 Å². The number of rotatable bonds is 12. The van der Waals surface area contributed by atoms with Gasteiger partial charge in [-0.15, -0.1) is 0 Å². The van der Waals surface area contributed by atoms with Crippen LogP contribution in [0.2, 0.25) is 0 Å². The Labute approximate surface area is 213 Å². The Morgan fingerprint density at radius 1 is 0.667 bits per heavy atom. The molecule has 0 spiro atoms. The van der Waals surface area contributed by atoms with Gasteiger partial charge in [-0.05, 0) is 48.1 Å². The molecule has 2 rings (SSSR count). The molecule has 0 radical (unpaired) electrons. The van der Waals surface area contributed by atoms with E-state index in [1.54, 1.807) is 0 Å².